The van der Waals surface area contributed by atoms with Crippen LogP contribution in [-0.4, -0.2) is 45.1 Å². The Morgan fingerprint density at radius 2 is 1.92 bits per heavy atom. The molecule has 3 aromatic heterocycles. The minimum absolute atomic E-state index is 0.00105. The molecule has 0 amide bonds. The molecule has 5 rings (SSSR count). The third-order valence-corrected chi connectivity index (χ3v) is 8.41. The zero-order chi connectivity index (χ0) is 25.4. The molecular formula is C25H25ClFN5O3S. The third kappa shape index (κ3) is 4.68. The van der Waals surface area contributed by atoms with E-state index in [1.165, 1.54) is 24.5 Å². The first-order chi connectivity index (χ1) is 17.2. The van der Waals surface area contributed by atoms with Crippen LogP contribution in [0.2, 0.25) is 5.02 Å². The van der Waals surface area contributed by atoms with Gasteiger partial charge in [-0.2, -0.15) is 0 Å². The predicted molar refractivity (Wildman–Crippen MR) is 136 cm³/mol. The predicted octanol–water partition coefficient (Wildman–Crippen LogP) is 4.79. The maximum atomic E-state index is 14.6. The summed E-state index contributed by atoms with van der Waals surface area (Å²) in [6, 6.07) is 8.07. The van der Waals surface area contributed by atoms with Crippen molar-refractivity contribution >= 4 is 38.5 Å². The van der Waals surface area contributed by atoms with Gasteiger partial charge in [0.25, 0.3) is 10.0 Å². The monoisotopic (exact) mass is 529 g/mol. The fourth-order valence-corrected chi connectivity index (χ4v) is 6.00. The number of aromatic nitrogens is 4. The van der Waals surface area contributed by atoms with Crippen LogP contribution in [-0.2, 0) is 10.0 Å². The van der Waals surface area contributed by atoms with Gasteiger partial charge in [0.15, 0.2) is 23.1 Å². The van der Waals surface area contributed by atoms with Crippen molar-refractivity contribution in [2.24, 2.45) is 5.92 Å². The summed E-state index contributed by atoms with van der Waals surface area (Å²) in [5.74, 6) is -0.539. The van der Waals surface area contributed by atoms with E-state index in [4.69, 9.17) is 11.6 Å². The van der Waals surface area contributed by atoms with Crippen molar-refractivity contribution in [1.29, 1.82) is 0 Å². The molecule has 1 aromatic carbocycles. The number of hydrogen-bond acceptors (Lipinski definition) is 7. The normalized spacial score (nSPS) is 18.4. The average molecular weight is 530 g/mol. The van der Waals surface area contributed by atoms with Crippen LogP contribution in [0.3, 0.4) is 0 Å². The molecule has 2 N–H and O–H groups in total. The smallest absolute Gasteiger partial charge is 0.269 e. The zero-order valence-corrected chi connectivity index (χ0v) is 21.1. The van der Waals surface area contributed by atoms with Gasteiger partial charge in [0.05, 0.1) is 22.2 Å². The van der Waals surface area contributed by atoms with E-state index < -0.39 is 21.9 Å². The summed E-state index contributed by atoms with van der Waals surface area (Å²) in [7, 11) is -3.99. The summed E-state index contributed by atoms with van der Waals surface area (Å²) in [6.45, 7) is 2.24. The number of nitrogens with zero attached hydrogens (tertiary/aromatic N) is 4. The Morgan fingerprint density at radius 3 is 2.67 bits per heavy atom. The van der Waals surface area contributed by atoms with Crippen LogP contribution < -0.4 is 5.32 Å². The largest absolute Gasteiger partial charge is 0.393 e. The summed E-state index contributed by atoms with van der Waals surface area (Å²) in [5.41, 5.74) is 1.43. The number of halogens is 2. The molecule has 11 heteroatoms. The summed E-state index contributed by atoms with van der Waals surface area (Å²) in [6.07, 6.45) is 6.92. The Balaban J connectivity index is 1.56. The van der Waals surface area contributed by atoms with Gasteiger partial charge in [-0.25, -0.2) is 31.7 Å². The van der Waals surface area contributed by atoms with E-state index in [9.17, 15) is 17.9 Å². The second-order valence-corrected chi connectivity index (χ2v) is 11.3. The van der Waals surface area contributed by atoms with Crippen molar-refractivity contribution in [3.8, 4) is 11.4 Å². The SMILES string of the molecule is Cc1ccc(S(=O)(=O)n2cc(-c3ncc(F)c(NCC4CCCCC4O)n3)c3cc(Cl)cnc32)cc1. The van der Waals surface area contributed by atoms with Crippen molar-refractivity contribution < 1.29 is 17.9 Å². The van der Waals surface area contributed by atoms with Gasteiger partial charge in [-0.1, -0.05) is 42.1 Å². The lowest BCUT2D eigenvalue weighted by atomic mass is 9.86. The van der Waals surface area contributed by atoms with Crippen molar-refractivity contribution in [3.05, 3.63) is 65.3 Å². The number of rotatable bonds is 6. The summed E-state index contributed by atoms with van der Waals surface area (Å²) in [4.78, 5) is 12.8. The maximum absolute atomic E-state index is 14.6. The van der Waals surface area contributed by atoms with Gasteiger partial charge in [-0.15, -0.1) is 0 Å². The minimum atomic E-state index is -3.99. The molecule has 188 valence electrons. The molecule has 1 aliphatic carbocycles. The molecule has 2 atom stereocenters. The highest BCUT2D eigenvalue weighted by molar-refractivity contribution is 7.90. The molecule has 0 radical (unpaired) electrons. The molecule has 2 unspecified atom stereocenters. The number of aryl methyl sites for hydroxylation is 1. The molecule has 0 bridgehead atoms. The summed E-state index contributed by atoms with van der Waals surface area (Å²) >= 11 is 6.18. The molecule has 0 saturated heterocycles. The highest BCUT2D eigenvalue weighted by atomic mass is 35.5. The number of nitrogens with one attached hydrogen (secondary N) is 1. The molecule has 4 aromatic rings. The first-order valence-electron chi connectivity index (χ1n) is 11.7. The highest BCUT2D eigenvalue weighted by Crippen LogP contribution is 2.33. The Bertz CT molecular complexity index is 1520. The number of hydrogen-bond donors (Lipinski definition) is 2. The molecule has 0 spiro atoms. The van der Waals surface area contributed by atoms with Gasteiger partial charge in [-0.05, 0) is 38.0 Å². The number of anilines is 1. The zero-order valence-electron chi connectivity index (χ0n) is 19.5. The van der Waals surface area contributed by atoms with Crippen LogP contribution in [0.25, 0.3) is 22.4 Å². The van der Waals surface area contributed by atoms with Crippen LogP contribution in [0.1, 0.15) is 31.2 Å². The van der Waals surface area contributed by atoms with Crippen LogP contribution in [0.15, 0.2) is 53.8 Å². The number of aliphatic hydroxyl groups excluding tert-OH is 1. The van der Waals surface area contributed by atoms with E-state index in [0.717, 1.165) is 41.4 Å². The molecule has 1 saturated carbocycles. The minimum Gasteiger partial charge on any atom is -0.393 e. The molecule has 8 nitrogen and oxygen atoms in total. The quantitative estimate of drug-likeness (QED) is 0.369. The molecule has 36 heavy (non-hydrogen) atoms. The van der Waals surface area contributed by atoms with E-state index in [1.54, 1.807) is 18.2 Å². The first-order valence-corrected chi connectivity index (χ1v) is 13.5. The second kappa shape index (κ2) is 9.76. The van der Waals surface area contributed by atoms with Crippen molar-refractivity contribution in [2.45, 2.75) is 43.6 Å². The lowest BCUT2D eigenvalue weighted by molar-refractivity contribution is 0.0762. The Kier molecular flexibility index (Phi) is 6.67. The second-order valence-electron chi connectivity index (χ2n) is 9.06. The van der Waals surface area contributed by atoms with Crippen molar-refractivity contribution in [3.63, 3.8) is 0 Å². The van der Waals surface area contributed by atoms with Crippen LogP contribution >= 0.6 is 11.6 Å². The van der Waals surface area contributed by atoms with E-state index in [1.807, 2.05) is 6.92 Å². The first kappa shape index (κ1) is 24.6. The summed E-state index contributed by atoms with van der Waals surface area (Å²) < 4.78 is 42.6. The highest BCUT2D eigenvalue weighted by Gasteiger charge is 2.26. The Labute approximate surface area is 213 Å². The lowest BCUT2D eigenvalue weighted by Crippen LogP contribution is -2.30. The number of pyridine rings is 1. The number of benzene rings is 1. The topological polar surface area (TPSA) is 110 Å². The third-order valence-electron chi connectivity index (χ3n) is 6.54. The molecule has 1 aliphatic rings. The van der Waals surface area contributed by atoms with E-state index in [-0.39, 0.29) is 28.1 Å². The van der Waals surface area contributed by atoms with Gasteiger partial charge in [0.2, 0.25) is 0 Å². The van der Waals surface area contributed by atoms with Gasteiger partial charge in [0, 0.05) is 35.8 Å². The van der Waals surface area contributed by atoms with Gasteiger partial charge >= 0.3 is 0 Å². The maximum Gasteiger partial charge on any atom is 0.269 e. The Hall–Kier alpha value is -3.08. The van der Waals surface area contributed by atoms with Crippen LogP contribution in [0.5, 0.6) is 0 Å². The van der Waals surface area contributed by atoms with Gasteiger partial charge in [0.1, 0.15) is 0 Å². The molecule has 0 aliphatic heterocycles. The Morgan fingerprint density at radius 1 is 1.17 bits per heavy atom. The van der Waals surface area contributed by atoms with E-state index >= 15 is 0 Å². The van der Waals surface area contributed by atoms with Gasteiger partial charge < -0.3 is 10.4 Å². The fourth-order valence-electron chi connectivity index (χ4n) is 4.51. The average Bonchev–Trinajstić information content (AvgIpc) is 3.24. The molecular weight excluding hydrogens is 505 g/mol. The molecule has 1 fully saturated rings. The van der Waals surface area contributed by atoms with Crippen LogP contribution in [0, 0.1) is 18.7 Å². The van der Waals surface area contributed by atoms with E-state index in [2.05, 4.69) is 20.3 Å². The number of fused-ring (bicyclic) bond motifs is 1. The standard InChI is InChI=1S/C25H25ClFN5O3S/c1-15-6-8-18(9-7-15)36(34,35)32-14-20(19-10-17(26)12-30-25(19)32)23-29-13-21(27)24(31-23)28-11-16-4-2-3-5-22(16)33/h6-10,12-14,16,22,33H,2-5,11H2,1H3,(H,28,29,31). The molecule has 3 heterocycles. The van der Waals surface area contributed by atoms with Crippen molar-refractivity contribution in [2.75, 3.05) is 11.9 Å². The van der Waals surface area contributed by atoms with E-state index in [0.29, 0.717) is 22.5 Å². The lowest BCUT2D eigenvalue weighted by Gasteiger charge is -2.27. The summed E-state index contributed by atoms with van der Waals surface area (Å²) in [5, 5.41) is 14.0. The van der Waals surface area contributed by atoms with Gasteiger partial charge in [-0.3, -0.25) is 0 Å². The fraction of sp³-hybridized carbons (Fsp3) is 0.320. The number of aliphatic hydroxyl groups is 1. The van der Waals surface area contributed by atoms with Crippen LogP contribution in [0.4, 0.5) is 10.2 Å². The van der Waals surface area contributed by atoms with Crippen molar-refractivity contribution in [1.82, 2.24) is 18.9 Å².